The smallest absolute Gasteiger partial charge is 0.200 e. The zero-order valence-electron chi connectivity index (χ0n) is 13.0. The van der Waals surface area contributed by atoms with E-state index in [0.29, 0.717) is 5.56 Å². The van der Waals surface area contributed by atoms with Crippen LogP contribution in [0.4, 0.5) is 0 Å². The van der Waals surface area contributed by atoms with Crippen molar-refractivity contribution in [1.29, 1.82) is 0 Å². The van der Waals surface area contributed by atoms with E-state index in [2.05, 4.69) is 56.4 Å². The molecular formula is C17H21IO3. The normalized spacial score (nSPS) is 10.0. The number of phenols is 3. The molecule has 2 aromatic rings. The Morgan fingerprint density at radius 1 is 0.714 bits per heavy atom. The second-order valence-electron chi connectivity index (χ2n) is 5.20. The van der Waals surface area contributed by atoms with Gasteiger partial charge in [-0.15, -0.1) is 0 Å². The average molecular weight is 400 g/mol. The van der Waals surface area contributed by atoms with Crippen LogP contribution in [0, 0.1) is 38.2 Å². The Labute approximate surface area is 139 Å². The summed E-state index contributed by atoms with van der Waals surface area (Å²) in [6.45, 7) is 10.4. The highest BCUT2D eigenvalue weighted by molar-refractivity contribution is 14.1. The molecule has 0 bridgehead atoms. The first-order valence-electron chi connectivity index (χ1n) is 6.59. The molecule has 0 aliphatic heterocycles. The first kappa shape index (κ1) is 17.6. The third-order valence-electron chi connectivity index (χ3n) is 3.63. The number of hydrogen-bond acceptors (Lipinski definition) is 3. The minimum atomic E-state index is -0.467. The maximum Gasteiger partial charge on any atom is 0.200 e. The molecule has 0 aliphatic carbocycles. The van der Waals surface area contributed by atoms with E-state index < -0.39 is 5.75 Å². The van der Waals surface area contributed by atoms with Crippen molar-refractivity contribution < 1.29 is 15.3 Å². The lowest BCUT2D eigenvalue weighted by atomic mass is 10.0. The Morgan fingerprint density at radius 3 is 1.67 bits per heavy atom. The quantitative estimate of drug-likeness (QED) is 0.446. The van der Waals surface area contributed by atoms with Crippen LogP contribution in [0.15, 0.2) is 18.2 Å². The van der Waals surface area contributed by atoms with E-state index in [4.69, 9.17) is 15.3 Å². The molecule has 21 heavy (non-hydrogen) atoms. The van der Waals surface area contributed by atoms with Crippen LogP contribution in [0.3, 0.4) is 0 Å². The average Bonchev–Trinajstić information content (AvgIpc) is 2.41. The summed E-state index contributed by atoms with van der Waals surface area (Å²) in [5.41, 5.74) is 6.40. The fraction of sp³-hybridized carbons (Fsp3) is 0.294. The molecular weight excluding hydrogens is 379 g/mol. The van der Waals surface area contributed by atoms with Crippen LogP contribution >= 0.6 is 22.6 Å². The predicted molar refractivity (Wildman–Crippen MR) is 94.3 cm³/mol. The molecule has 0 fully saturated rings. The van der Waals surface area contributed by atoms with Gasteiger partial charge in [0.25, 0.3) is 0 Å². The Balaban J connectivity index is 0.000000211. The van der Waals surface area contributed by atoms with E-state index in [9.17, 15) is 0 Å². The number of aromatic hydroxyl groups is 3. The Hall–Kier alpha value is -1.43. The number of phenolic OH excluding ortho intramolecular Hbond substituents is 3. The predicted octanol–water partition coefficient (Wildman–Crippen LogP) is 4.64. The van der Waals surface area contributed by atoms with Crippen LogP contribution in [0.2, 0.25) is 0 Å². The first-order valence-corrected chi connectivity index (χ1v) is 7.67. The van der Waals surface area contributed by atoms with Crippen molar-refractivity contribution in [2.24, 2.45) is 0 Å². The second kappa shape index (κ2) is 7.02. The molecule has 0 spiro atoms. The number of halogens is 1. The van der Waals surface area contributed by atoms with Crippen molar-refractivity contribution in [2.75, 3.05) is 0 Å². The highest BCUT2D eigenvalue weighted by Gasteiger charge is 2.04. The minimum absolute atomic E-state index is 0.294. The fourth-order valence-corrected chi connectivity index (χ4v) is 2.78. The van der Waals surface area contributed by atoms with Crippen molar-refractivity contribution in [3.05, 3.63) is 49.6 Å². The van der Waals surface area contributed by atoms with Gasteiger partial charge in [-0.1, -0.05) is 0 Å². The first-order chi connectivity index (χ1) is 9.65. The van der Waals surface area contributed by atoms with Crippen molar-refractivity contribution >= 4 is 22.6 Å². The third kappa shape index (κ3) is 4.27. The summed E-state index contributed by atoms with van der Waals surface area (Å²) in [6.07, 6.45) is 0. The fourth-order valence-electron chi connectivity index (χ4n) is 1.90. The molecule has 0 amide bonds. The van der Waals surface area contributed by atoms with Crippen LogP contribution in [0.25, 0.3) is 0 Å². The Morgan fingerprint density at radius 2 is 1.19 bits per heavy atom. The number of aryl methyl sites for hydroxylation is 2. The lowest BCUT2D eigenvalue weighted by Crippen LogP contribution is -1.93. The molecule has 2 rings (SSSR count). The van der Waals surface area contributed by atoms with E-state index >= 15 is 0 Å². The van der Waals surface area contributed by atoms with E-state index in [1.54, 1.807) is 6.92 Å². The lowest BCUT2D eigenvalue weighted by molar-refractivity contribution is 0.367. The van der Waals surface area contributed by atoms with Crippen molar-refractivity contribution in [1.82, 2.24) is 0 Å². The van der Waals surface area contributed by atoms with Gasteiger partial charge in [0.1, 0.15) is 0 Å². The van der Waals surface area contributed by atoms with Crippen LogP contribution in [-0.4, -0.2) is 15.3 Å². The van der Waals surface area contributed by atoms with Crippen molar-refractivity contribution in [2.45, 2.75) is 34.6 Å². The summed E-state index contributed by atoms with van der Waals surface area (Å²) >= 11 is 2.39. The van der Waals surface area contributed by atoms with Gasteiger partial charge in [-0.25, -0.2) is 0 Å². The second-order valence-corrected chi connectivity index (χ2v) is 6.36. The van der Waals surface area contributed by atoms with Gasteiger partial charge in [-0.3, -0.25) is 0 Å². The zero-order chi connectivity index (χ0) is 16.3. The molecule has 0 heterocycles. The number of rotatable bonds is 0. The highest BCUT2D eigenvalue weighted by Crippen LogP contribution is 2.34. The highest BCUT2D eigenvalue weighted by atomic mass is 127. The van der Waals surface area contributed by atoms with E-state index in [1.165, 1.54) is 38.0 Å². The minimum Gasteiger partial charge on any atom is -0.504 e. The topological polar surface area (TPSA) is 60.7 Å². The van der Waals surface area contributed by atoms with Gasteiger partial charge in [0, 0.05) is 3.57 Å². The van der Waals surface area contributed by atoms with Crippen LogP contribution in [0.1, 0.15) is 27.8 Å². The standard InChI is InChI=1S/C10H13I.C7H8O3/c1-6-5-10(11)9(4)8(3)7(6)2;1-4-2-5(8)7(10)6(9)3-4/h5H,1-4H3;2-3,8-10H,1H3. The molecule has 114 valence electrons. The molecule has 3 N–H and O–H groups in total. The molecule has 3 nitrogen and oxygen atoms in total. The van der Waals surface area contributed by atoms with Crippen LogP contribution in [0.5, 0.6) is 17.2 Å². The van der Waals surface area contributed by atoms with Crippen LogP contribution in [-0.2, 0) is 0 Å². The van der Waals surface area contributed by atoms with Gasteiger partial charge < -0.3 is 15.3 Å². The number of benzene rings is 2. The Kier molecular flexibility index (Phi) is 5.89. The van der Waals surface area contributed by atoms with E-state index in [0.717, 1.165) is 0 Å². The summed E-state index contributed by atoms with van der Waals surface area (Å²) in [5, 5.41) is 26.6. The molecule has 0 saturated carbocycles. The summed E-state index contributed by atoms with van der Waals surface area (Å²) in [4.78, 5) is 0. The van der Waals surface area contributed by atoms with Gasteiger partial charge in [0.15, 0.2) is 17.2 Å². The van der Waals surface area contributed by atoms with Crippen molar-refractivity contribution in [3.8, 4) is 17.2 Å². The molecule has 0 atom stereocenters. The third-order valence-corrected chi connectivity index (χ3v) is 4.75. The zero-order valence-corrected chi connectivity index (χ0v) is 15.1. The van der Waals surface area contributed by atoms with Crippen LogP contribution < -0.4 is 0 Å². The van der Waals surface area contributed by atoms with Gasteiger partial charge in [0.05, 0.1) is 0 Å². The number of hydrogen-bond donors (Lipinski definition) is 3. The molecule has 2 aromatic carbocycles. The van der Waals surface area contributed by atoms with Gasteiger partial charge >= 0.3 is 0 Å². The molecule has 0 unspecified atom stereocenters. The van der Waals surface area contributed by atoms with Crippen molar-refractivity contribution in [3.63, 3.8) is 0 Å². The maximum absolute atomic E-state index is 8.87. The molecule has 4 heteroatoms. The largest absolute Gasteiger partial charge is 0.504 e. The monoisotopic (exact) mass is 400 g/mol. The molecule has 0 radical (unpaired) electrons. The summed E-state index contributed by atoms with van der Waals surface area (Å²) in [7, 11) is 0. The maximum atomic E-state index is 8.87. The Bertz CT molecular complexity index is 614. The SMILES string of the molecule is Cc1cc(I)c(C)c(C)c1C.Cc1cc(O)c(O)c(O)c1. The van der Waals surface area contributed by atoms with E-state index in [-0.39, 0.29) is 11.5 Å². The summed E-state index contributed by atoms with van der Waals surface area (Å²) in [5.74, 6) is -1.05. The van der Waals surface area contributed by atoms with Gasteiger partial charge in [0.2, 0.25) is 0 Å². The summed E-state index contributed by atoms with van der Waals surface area (Å²) in [6, 6.07) is 4.99. The van der Waals surface area contributed by atoms with Gasteiger partial charge in [-0.05, 0) is 103 Å². The molecule has 0 aliphatic rings. The molecule has 0 saturated heterocycles. The molecule has 0 aromatic heterocycles. The van der Waals surface area contributed by atoms with Gasteiger partial charge in [-0.2, -0.15) is 0 Å². The summed E-state index contributed by atoms with van der Waals surface area (Å²) < 4.78 is 1.38. The van der Waals surface area contributed by atoms with E-state index in [1.807, 2.05) is 0 Å². The lowest BCUT2D eigenvalue weighted by Gasteiger charge is -2.09.